The normalized spacial score (nSPS) is 21.6. The Labute approximate surface area is 127 Å². The molecule has 2 unspecified atom stereocenters. The summed E-state index contributed by atoms with van der Waals surface area (Å²) in [5, 5.41) is 13.5. The second-order valence-electron chi connectivity index (χ2n) is 6.15. The lowest BCUT2D eigenvalue weighted by Crippen LogP contribution is -2.52. The standard InChI is InChI=1S/C17H27NO3/c1-14(2)18-17(12-19,16-6-4-3-5-7-16)13-21-11-15-8-9-20-10-15/h3-7,14-15,18-19H,8-13H2,1-2H3. The molecule has 21 heavy (non-hydrogen) atoms. The number of rotatable bonds is 8. The predicted octanol–water partition coefficient (Wildman–Crippen LogP) is 1.93. The average Bonchev–Trinajstić information content (AvgIpc) is 3.00. The maximum atomic E-state index is 10.0. The van der Waals surface area contributed by atoms with Gasteiger partial charge in [-0.2, -0.15) is 0 Å². The molecule has 118 valence electrons. The van der Waals surface area contributed by atoms with Crippen molar-refractivity contribution in [1.82, 2.24) is 5.32 Å². The van der Waals surface area contributed by atoms with Crippen molar-refractivity contribution >= 4 is 0 Å². The van der Waals surface area contributed by atoms with E-state index in [0.29, 0.717) is 19.1 Å². The van der Waals surface area contributed by atoms with Crippen LogP contribution >= 0.6 is 0 Å². The second kappa shape index (κ2) is 7.90. The molecule has 0 radical (unpaired) electrons. The molecule has 0 saturated carbocycles. The summed E-state index contributed by atoms with van der Waals surface area (Å²) in [4.78, 5) is 0. The fourth-order valence-corrected chi connectivity index (χ4v) is 2.82. The van der Waals surface area contributed by atoms with E-state index in [0.717, 1.165) is 25.2 Å². The van der Waals surface area contributed by atoms with Crippen molar-refractivity contribution in [3.8, 4) is 0 Å². The zero-order chi connectivity index (χ0) is 15.1. The van der Waals surface area contributed by atoms with Gasteiger partial charge in [-0.05, 0) is 25.8 Å². The summed E-state index contributed by atoms with van der Waals surface area (Å²) >= 11 is 0. The summed E-state index contributed by atoms with van der Waals surface area (Å²) in [7, 11) is 0. The predicted molar refractivity (Wildman–Crippen MR) is 83.2 cm³/mol. The molecule has 4 nitrogen and oxygen atoms in total. The summed E-state index contributed by atoms with van der Waals surface area (Å²) < 4.78 is 11.3. The first-order valence-electron chi connectivity index (χ1n) is 7.76. The monoisotopic (exact) mass is 293 g/mol. The molecular formula is C17H27NO3. The van der Waals surface area contributed by atoms with Crippen LogP contribution in [0, 0.1) is 5.92 Å². The number of benzene rings is 1. The summed E-state index contributed by atoms with van der Waals surface area (Å²) in [5.41, 5.74) is 0.512. The molecule has 2 N–H and O–H groups in total. The summed E-state index contributed by atoms with van der Waals surface area (Å²) in [5.74, 6) is 0.483. The van der Waals surface area contributed by atoms with Gasteiger partial charge in [-0.25, -0.2) is 0 Å². The highest BCUT2D eigenvalue weighted by molar-refractivity contribution is 5.25. The van der Waals surface area contributed by atoms with E-state index < -0.39 is 5.54 Å². The van der Waals surface area contributed by atoms with Crippen LogP contribution in [0.25, 0.3) is 0 Å². The number of nitrogens with one attached hydrogen (secondary N) is 1. The van der Waals surface area contributed by atoms with Crippen LogP contribution in [-0.2, 0) is 15.0 Å². The van der Waals surface area contributed by atoms with Gasteiger partial charge in [-0.1, -0.05) is 30.3 Å². The molecule has 0 aliphatic carbocycles. The van der Waals surface area contributed by atoms with Gasteiger partial charge in [0, 0.05) is 18.6 Å². The van der Waals surface area contributed by atoms with Crippen LogP contribution < -0.4 is 5.32 Å². The zero-order valence-corrected chi connectivity index (χ0v) is 13.0. The van der Waals surface area contributed by atoms with Crippen molar-refractivity contribution in [2.45, 2.75) is 31.8 Å². The number of ether oxygens (including phenoxy) is 2. The molecule has 0 amide bonds. The molecule has 1 heterocycles. The van der Waals surface area contributed by atoms with Crippen molar-refractivity contribution in [2.24, 2.45) is 5.92 Å². The van der Waals surface area contributed by atoms with E-state index in [-0.39, 0.29) is 12.6 Å². The molecule has 0 spiro atoms. The Hall–Kier alpha value is -0.940. The van der Waals surface area contributed by atoms with Gasteiger partial charge in [0.2, 0.25) is 0 Å². The van der Waals surface area contributed by atoms with E-state index >= 15 is 0 Å². The smallest absolute Gasteiger partial charge is 0.0907 e. The van der Waals surface area contributed by atoms with Crippen LogP contribution in [0.3, 0.4) is 0 Å². The molecular weight excluding hydrogens is 266 g/mol. The quantitative estimate of drug-likeness (QED) is 0.769. The van der Waals surface area contributed by atoms with Crippen LogP contribution in [0.5, 0.6) is 0 Å². The maximum Gasteiger partial charge on any atom is 0.0907 e. The molecule has 0 bridgehead atoms. The third kappa shape index (κ3) is 4.51. The third-order valence-corrected chi connectivity index (χ3v) is 3.89. The lowest BCUT2D eigenvalue weighted by Gasteiger charge is -2.35. The van der Waals surface area contributed by atoms with Crippen LogP contribution in [0.1, 0.15) is 25.8 Å². The molecule has 1 fully saturated rings. The number of hydrogen-bond acceptors (Lipinski definition) is 4. The van der Waals surface area contributed by atoms with Crippen molar-refractivity contribution in [3.63, 3.8) is 0 Å². The van der Waals surface area contributed by atoms with E-state index in [4.69, 9.17) is 9.47 Å². The number of hydrogen-bond donors (Lipinski definition) is 2. The molecule has 2 atom stereocenters. The van der Waals surface area contributed by atoms with Crippen molar-refractivity contribution in [3.05, 3.63) is 35.9 Å². The second-order valence-corrected chi connectivity index (χ2v) is 6.15. The van der Waals surface area contributed by atoms with Gasteiger partial charge in [0.1, 0.15) is 0 Å². The van der Waals surface area contributed by atoms with Crippen LogP contribution in [0.2, 0.25) is 0 Å². The van der Waals surface area contributed by atoms with E-state index in [2.05, 4.69) is 19.2 Å². The molecule has 1 aliphatic heterocycles. The Morgan fingerprint density at radius 2 is 2.14 bits per heavy atom. The Morgan fingerprint density at radius 3 is 2.71 bits per heavy atom. The first kappa shape index (κ1) is 16.4. The Bertz CT molecular complexity index is 404. The molecule has 1 saturated heterocycles. The molecule has 2 rings (SSSR count). The highest BCUT2D eigenvalue weighted by Crippen LogP contribution is 2.23. The molecule has 1 aromatic carbocycles. The van der Waals surface area contributed by atoms with Gasteiger partial charge in [-0.3, -0.25) is 0 Å². The molecule has 4 heteroatoms. The summed E-state index contributed by atoms with van der Waals surface area (Å²) in [6, 6.07) is 10.3. The molecule has 0 aromatic heterocycles. The Balaban J connectivity index is 2.03. The first-order chi connectivity index (χ1) is 10.2. The average molecular weight is 293 g/mol. The Morgan fingerprint density at radius 1 is 1.38 bits per heavy atom. The van der Waals surface area contributed by atoms with Crippen LogP contribution in [0.4, 0.5) is 0 Å². The van der Waals surface area contributed by atoms with Crippen molar-refractivity contribution in [2.75, 3.05) is 33.0 Å². The Kier molecular flexibility index (Phi) is 6.18. The van der Waals surface area contributed by atoms with Gasteiger partial charge >= 0.3 is 0 Å². The van der Waals surface area contributed by atoms with Crippen molar-refractivity contribution < 1.29 is 14.6 Å². The van der Waals surface area contributed by atoms with E-state index in [9.17, 15) is 5.11 Å². The summed E-state index contributed by atoms with van der Waals surface area (Å²) in [6.07, 6.45) is 1.06. The number of aliphatic hydroxyl groups excluding tert-OH is 1. The highest BCUT2D eigenvalue weighted by Gasteiger charge is 2.33. The SMILES string of the molecule is CC(C)NC(CO)(COCC1CCOC1)c1ccccc1. The van der Waals surface area contributed by atoms with Gasteiger partial charge in [0.15, 0.2) is 0 Å². The first-order valence-corrected chi connectivity index (χ1v) is 7.76. The van der Waals surface area contributed by atoms with Gasteiger partial charge in [-0.15, -0.1) is 0 Å². The van der Waals surface area contributed by atoms with E-state index in [1.165, 1.54) is 0 Å². The van der Waals surface area contributed by atoms with Gasteiger partial charge in [0.25, 0.3) is 0 Å². The maximum absolute atomic E-state index is 10.0. The van der Waals surface area contributed by atoms with Crippen LogP contribution in [0.15, 0.2) is 30.3 Å². The number of aliphatic hydroxyl groups is 1. The highest BCUT2D eigenvalue weighted by atomic mass is 16.5. The summed E-state index contributed by atoms with van der Waals surface area (Å²) in [6.45, 7) is 6.94. The molecule has 1 aromatic rings. The van der Waals surface area contributed by atoms with E-state index in [1.54, 1.807) is 0 Å². The van der Waals surface area contributed by atoms with Crippen molar-refractivity contribution in [1.29, 1.82) is 0 Å². The third-order valence-electron chi connectivity index (χ3n) is 3.89. The lowest BCUT2D eigenvalue weighted by atomic mass is 9.90. The fourth-order valence-electron chi connectivity index (χ4n) is 2.82. The van der Waals surface area contributed by atoms with Gasteiger partial charge in [0.05, 0.1) is 32.0 Å². The topological polar surface area (TPSA) is 50.7 Å². The minimum Gasteiger partial charge on any atom is -0.394 e. The van der Waals surface area contributed by atoms with Gasteiger partial charge < -0.3 is 19.9 Å². The zero-order valence-electron chi connectivity index (χ0n) is 13.0. The minimum atomic E-state index is -0.547. The molecule has 1 aliphatic rings. The van der Waals surface area contributed by atoms with E-state index in [1.807, 2.05) is 30.3 Å². The fraction of sp³-hybridized carbons (Fsp3) is 0.647. The van der Waals surface area contributed by atoms with Crippen LogP contribution in [-0.4, -0.2) is 44.2 Å². The lowest BCUT2D eigenvalue weighted by molar-refractivity contribution is 0.0127. The largest absolute Gasteiger partial charge is 0.394 e. The minimum absolute atomic E-state index is 0.0103.